The highest BCUT2D eigenvalue weighted by atomic mass is 16.5. The molecule has 2 aromatic rings. The molecule has 0 bridgehead atoms. The van der Waals surface area contributed by atoms with Gasteiger partial charge in [0.05, 0.1) is 24.6 Å². The van der Waals surface area contributed by atoms with Crippen molar-refractivity contribution in [2.45, 2.75) is 6.54 Å². The lowest BCUT2D eigenvalue weighted by Crippen LogP contribution is -2.37. The Labute approximate surface area is 137 Å². The lowest BCUT2D eigenvalue weighted by Gasteiger charge is -2.33. The van der Waals surface area contributed by atoms with Gasteiger partial charge < -0.3 is 14.5 Å². The molecule has 0 radical (unpaired) electrons. The van der Waals surface area contributed by atoms with E-state index in [-0.39, 0.29) is 0 Å². The van der Waals surface area contributed by atoms with Crippen LogP contribution < -0.4 is 4.90 Å². The Kier molecular flexibility index (Phi) is 3.75. The first-order chi connectivity index (χ1) is 11.3. The largest absolute Gasteiger partial charge is 0.378 e. The van der Waals surface area contributed by atoms with E-state index in [4.69, 9.17) is 9.72 Å². The molecule has 0 N–H and O–H groups in total. The molecule has 0 atom stereocenters. The van der Waals surface area contributed by atoms with Crippen LogP contribution >= 0.6 is 0 Å². The molecule has 23 heavy (non-hydrogen) atoms. The van der Waals surface area contributed by atoms with Crippen molar-refractivity contribution in [1.29, 1.82) is 0 Å². The van der Waals surface area contributed by atoms with E-state index in [9.17, 15) is 0 Å². The maximum Gasteiger partial charge on any atom is 0.0730 e. The fraction of sp³-hybridized carbons (Fsp3) is 0.316. The standard InChI is InChI=1S/C19H21N3O/c1-21-8-7-17-16(14-21)19(22-9-11-23-12-10-22)13-18(20-17)15-5-3-2-4-6-15/h2-8,13H,9-12,14H2,1H3. The normalized spacial score (nSPS) is 17.3. The first kappa shape index (κ1) is 14.3. The van der Waals surface area contributed by atoms with Crippen LogP contribution in [0.25, 0.3) is 17.3 Å². The van der Waals surface area contributed by atoms with Crippen LogP contribution in [0.3, 0.4) is 0 Å². The van der Waals surface area contributed by atoms with Crippen molar-refractivity contribution in [3.05, 3.63) is 53.9 Å². The van der Waals surface area contributed by atoms with Crippen LogP contribution in [0.5, 0.6) is 0 Å². The number of benzene rings is 1. The second-order valence-corrected chi connectivity index (χ2v) is 6.09. The summed E-state index contributed by atoms with van der Waals surface area (Å²) < 4.78 is 5.52. The summed E-state index contributed by atoms with van der Waals surface area (Å²) >= 11 is 0. The summed E-state index contributed by atoms with van der Waals surface area (Å²) in [5, 5.41) is 0. The van der Waals surface area contributed by atoms with E-state index in [1.54, 1.807) is 0 Å². The van der Waals surface area contributed by atoms with Crippen LogP contribution in [0.2, 0.25) is 0 Å². The van der Waals surface area contributed by atoms with Gasteiger partial charge in [0.2, 0.25) is 0 Å². The summed E-state index contributed by atoms with van der Waals surface area (Å²) in [6.45, 7) is 4.38. The van der Waals surface area contributed by atoms with Crippen molar-refractivity contribution in [3.8, 4) is 11.3 Å². The van der Waals surface area contributed by atoms with Gasteiger partial charge in [-0.05, 0) is 12.1 Å². The molecule has 1 aromatic carbocycles. The summed E-state index contributed by atoms with van der Waals surface area (Å²) in [4.78, 5) is 9.54. The summed E-state index contributed by atoms with van der Waals surface area (Å²) in [5.74, 6) is 0. The zero-order valence-electron chi connectivity index (χ0n) is 13.4. The highest BCUT2D eigenvalue weighted by Gasteiger charge is 2.21. The van der Waals surface area contributed by atoms with Gasteiger partial charge in [0.15, 0.2) is 0 Å². The molecule has 0 unspecified atom stereocenters. The first-order valence-corrected chi connectivity index (χ1v) is 8.12. The van der Waals surface area contributed by atoms with Crippen LogP contribution in [0.4, 0.5) is 5.69 Å². The molecule has 2 aliphatic heterocycles. The van der Waals surface area contributed by atoms with E-state index in [1.165, 1.54) is 11.3 Å². The quantitative estimate of drug-likeness (QED) is 0.853. The van der Waals surface area contributed by atoms with Crippen molar-refractivity contribution in [2.75, 3.05) is 38.3 Å². The minimum atomic E-state index is 0.795. The van der Waals surface area contributed by atoms with Crippen molar-refractivity contribution in [3.63, 3.8) is 0 Å². The number of aromatic nitrogens is 1. The van der Waals surface area contributed by atoms with Crippen LogP contribution in [-0.2, 0) is 11.3 Å². The minimum Gasteiger partial charge on any atom is -0.378 e. The van der Waals surface area contributed by atoms with Crippen molar-refractivity contribution >= 4 is 11.8 Å². The fourth-order valence-corrected chi connectivity index (χ4v) is 3.22. The number of ether oxygens (including phenoxy) is 1. The van der Waals surface area contributed by atoms with Crippen molar-refractivity contribution < 1.29 is 4.74 Å². The zero-order valence-corrected chi connectivity index (χ0v) is 13.4. The Hall–Kier alpha value is -2.33. The molecule has 4 heteroatoms. The zero-order chi connectivity index (χ0) is 15.6. The molecule has 4 nitrogen and oxygen atoms in total. The fourth-order valence-electron chi connectivity index (χ4n) is 3.22. The van der Waals surface area contributed by atoms with E-state index < -0.39 is 0 Å². The highest BCUT2D eigenvalue weighted by Crippen LogP contribution is 2.32. The molecule has 0 aliphatic carbocycles. The molecule has 118 valence electrons. The Morgan fingerprint density at radius 1 is 1.09 bits per heavy atom. The second kappa shape index (κ2) is 6.05. The van der Waals surface area contributed by atoms with E-state index >= 15 is 0 Å². The second-order valence-electron chi connectivity index (χ2n) is 6.09. The molecule has 3 heterocycles. The molecule has 4 rings (SSSR count). The van der Waals surface area contributed by atoms with Crippen LogP contribution in [0.1, 0.15) is 11.3 Å². The van der Waals surface area contributed by atoms with Crippen LogP contribution in [-0.4, -0.2) is 43.2 Å². The molecule has 1 fully saturated rings. The number of hydrogen-bond donors (Lipinski definition) is 0. The molecule has 0 spiro atoms. The summed E-state index contributed by atoms with van der Waals surface area (Å²) in [7, 11) is 2.10. The molecular formula is C19H21N3O. The number of rotatable bonds is 2. The number of pyridine rings is 1. The van der Waals surface area contributed by atoms with Gasteiger partial charge in [-0.2, -0.15) is 0 Å². The Balaban J connectivity index is 1.83. The van der Waals surface area contributed by atoms with E-state index in [0.717, 1.165) is 49.8 Å². The van der Waals surface area contributed by atoms with Gasteiger partial charge in [-0.25, -0.2) is 4.98 Å². The lowest BCUT2D eigenvalue weighted by atomic mass is 10.0. The van der Waals surface area contributed by atoms with Gasteiger partial charge in [0.1, 0.15) is 0 Å². The maximum atomic E-state index is 5.52. The summed E-state index contributed by atoms with van der Waals surface area (Å²) in [6, 6.07) is 12.7. The maximum absolute atomic E-state index is 5.52. The lowest BCUT2D eigenvalue weighted by molar-refractivity contribution is 0.122. The third kappa shape index (κ3) is 2.82. The van der Waals surface area contributed by atoms with Gasteiger partial charge in [0, 0.05) is 49.7 Å². The van der Waals surface area contributed by atoms with Gasteiger partial charge in [0.25, 0.3) is 0 Å². The average Bonchev–Trinajstić information content (AvgIpc) is 2.62. The van der Waals surface area contributed by atoms with E-state index in [2.05, 4.69) is 59.5 Å². The van der Waals surface area contributed by atoms with Crippen molar-refractivity contribution in [1.82, 2.24) is 9.88 Å². The first-order valence-electron chi connectivity index (χ1n) is 8.12. The summed E-state index contributed by atoms with van der Waals surface area (Å²) in [6.07, 6.45) is 4.22. The number of morpholine rings is 1. The number of nitrogens with zero attached hydrogens (tertiary/aromatic N) is 3. The SMILES string of the molecule is CN1C=Cc2nc(-c3ccccc3)cc(N3CCOCC3)c2C1. The summed E-state index contributed by atoms with van der Waals surface area (Å²) in [5.41, 5.74) is 5.91. The molecule has 0 saturated carbocycles. The van der Waals surface area contributed by atoms with Gasteiger partial charge in [-0.1, -0.05) is 30.3 Å². The van der Waals surface area contributed by atoms with E-state index in [0.29, 0.717) is 0 Å². The van der Waals surface area contributed by atoms with Gasteiger partial charge in [-0.3, -0.25) is 0 Å². The smallest absolute Gasteiger partial charge is 0.0730 e. The average molecular weight is 307 g/mol. The van der Waals surface area contributed by atoms with Crippen LogP contribution in [0, 0.1) is 0 Å². The minimum absolute atomic E-state index is 0.795. The predicted octanol–water partition coefficient (Wildman–Crippen LogP) is 3.00. The third-order valence-corrected chi connectivity index (χ3v) is 4.45. The monoisotopic (exact) mass is 307 g/mol. The Morgan fingerprint density at radius 2 is 1.87 bits per heavy atom. The molecule has 0 amide bonds. The van der Waals surface area contributed by atoms with Gasteiger partial charge >= 0.3 is 0 Å². The van der Waals surface area contributed by atoms with Crippen molar-refractivity contribution in [2.24, 2.45) is 0 Å². The number of anilines is 1. The third-order valence-electron chi connectivity index (χ3n) is 4.45. The molecule has 2 aliphatic rings. The molecule has 1 saturated heterocycles. The van der Waals surface area contributed by atoms with E-state index in [1.807, 2.05) is 6.07 Å². The van der Waals surface area contributed by atoms with Crippen LogP contribution in [0.15, 0.2) is 42.6 Å². The van der Waals surface area contributed by atoms with Gasteiger partial charge in [-0.15, -0.1) is 0 Å². The molecule has 1 aromatic heterocycles. The number of fused-ring (bicyclic) bond motifs is 1. The number of hydrogen-bond acceptors (Lipinski definition) is 4. The molecular weight excluding hydrogens is 286 g/mol. The Bertz CT molecular complexity index is 721. The highest BCUT2D eigenvalue weighted by molar-refractivity contribution is 5.72. The topological polar surface area (TPSA) is 28.6 Å². The predicted molar refractivity (Wildman–Crippen MR) is 93.2 cm³/mol. The Morgan fingerprint density at radius 3 is 2.65 bits per heavy atom.